The quantitative estimate of drug-likeness (QED) is 0.528. The molecule has 1 atom stereocenters. The fraction of sp³-hybridized carbons (Fsp3) is 0.350. The predicted molar refractivity (Wildman–Crippen MR) is 91.4 cm³/mol. The maximum atomic E-state index is 12.9. The first-order chi connectivity index (χ1) is 13.0. The number of hydrogen-bond acceptors (Lipinski definition) is 2. The van der Waals surface area contributed by atoms with Crippen LogP contribution in [0.1, 0.15) is 42.6 Å². The van der Waals surface area contributed by atoms with Crippen LogP contribution in [0.15, 0.2) is 54.2 Å². The van der Waals surface area contributed by atoms with Crippen LogP contribution in [0, 0.1) is 0 Å². The van der Waals surface area contributed by atoms with Crippen LogP contribution in [-0.4, -0.2) is 12.4 Å². The van der Waals surface area contributed by atoms with Crippen LogP contribution in [0.25, 0.3) is 0 Å². The molecule has 0 heterocycles. The van der Waals surface area contributed by atoms with E-state index in [-0.39, 0.29) is 23.8 Å². The van der Waals surface area contributed by atoms with Crippen LogP contribution in [-0.2, 0) is 21.9 Å². The molecule has 0 saturated heterocycles. The second kappa shape index (κ2) is 8.77. The largest absolute Gasteiger partial charge is 0.416 e. The first kappa shape index (κ1) is 21.9. The number of alkyl halides is 6. The van der Waals surface area contributed by atoms with Crippen LogP contribution in [0.4, 0.5) is 26.3 Å². The Balaban J connectivity index is 2.09. The molecule has 1 aliphatic carbocycles. The molecular weight excluding hydrogens is 386 g/mol. The zero-order chi connectivity index (χ0) is 20.9. The Labute approximate surface area is 158 Å². The highest BCUT2D eigenvalue weighted by Crippen LogP contribution is 2.37. The zero-order valence-electron chi connectivity index (χ0n) is 14.9. The molecule has 2 nitrogen and oxygen atoms in total. The number of ketones is 1. The van der Waals surface area contributed by atoms with Gasteiger partial charge in [-0.25, -0.2) is 0 Å². The Bertz CT molecular complexity index is 768. The molecule has 8 heteroatoms. The van der Waals surface area contributed by atoms with Gasteiger partial charge in [0.15, 0.2) is 5.78 Å². The fourth-order valence-corrected chi connectivity index (χ4v) is 2.56. The van der Waals surface area contributed by atoms with Gasteiger partial charge in [-0.05, 0) is 42.7 Å². The third-order valence-electron chi connectivity index (χ3n) is 4.05. The lowest BCUT2D eigenvalue weighted by Gasteiger charge is -2.18. The lowest BCUT2D eigenvalue weighted by molar-refractivity contribution is -0.143. The van der Waals surface area contributed by atoms with E-state index in [9.17, 15) is 31.1 Å². The van der Waals surface area contributed by atoms with E-state index in [1.807, 2.05) is 18.2 Å². The van der Waals surface area contributed by atoms with E-state index in [4.69, 9.17) is 4.74 Å². The molecule has 2 rings (SSSR count). The lowest BCUT2D eigenvalue weighted by Crippen LogP contribution is -2.15. The Morgan fingerprint density at radius 3 is 2.21 bits per heavy atom. The Hall–Kier alpha value is -2.35. The minimum Gasteiger partial charge on any atom is -0.366 e. The molecule has 0 amide bonds. The van der Waals surface area contributed by atoms with Crippen molar-refractivity contribution in [3.05, 3.63) is 70.8 Å². The van der Waals surface area contributed by atoms with Gasteiger partial charge < -0.3 is 4.74 Å². The number of hydrogen-bond donors (Lipinski definition) is 0. The van der Waals surface area contributed by atoms with Gasteiger partial charge in [-0.3, -0.25) is 4.79 Å². The van der Waals surface area contributed by atoms with Crippen molar-refractivity contribution in [2.75, 3.05) is 6.61 Å². The highest BCUT2D eigenvalue weighted by atomic mass is 19.4. The van der Waals surface area contributed by atoms with Gasteiger partial charge in [0.1, 0.15) is 6.61 Å². The van der Waals surface area contributed by atoms with Crippen molar-refractivity contribution in [2.45, 2.75) is 38.2 Å². The van der Waals surface area contributed by atoms with Crippen molar-refractivity contribution in [3.63, 3.8) is 0 Å². The summed E-state index contributed by atoms with van der Waals surface area (Å²) in [5.41, 5.74) is -2.36. The molecule has 0 N–H and O–H groups in total. The molecule has 0 bridgehead atoms. The van der Waals surface area contributed by atoms with Crippen molar-refractivity contribution < 1.29 is 35.9 Å². The third kappa shape index (κ3) is 6.37. The molecule has 0 aliphatic heterocycles. The molecule has 1 aliphatic rings. The molecular formula is C20H18F6O2. The highest BCUT2D eigenvalue weighted by Gasteiger charge is 2.37. The SMILES string of the molecule is CC(OCC(=O)CC1=CCC=CC=C1)c1cc(C(F)(F)F)cc(C(F)(F)F)c1. The summed E-state index contributed by atoms with van der Waals surface area (Å²) >= 11 is 0. The molecule has 0 radical (unpaired) electrons. The number of benzene rings is 1. The van der Waals surface area contributed by atoms with E-state index in [2.05, 4.69) is 0 Å². The Kier molecular flexibility index (Phi) is 6.87. The Morgan fingerprint density at radius 1 is 1.04 bits per heavy atom. The van der Waals surface area contributed by atoms with Gasteiger partial charge >= 0.3 is 12.4 Å². The molecule has 1 aromatic rings. The molecule has 0 saturated carbocycles. The van der Waals surface area contributed by atoms with E-state index >= 15 is 0 Å². The fourth-order valence-electron chi connectivity index (χ4n) is 2.56. The maximum Gasteiger partial charge on any atom is 0.416 e. The number of allylic oxidation sites excluding steroid dienone is 6. The standard InChI is InChI=1S/C20H18F6O2/c1-13(28-12-18(27)8-14-6-4-2-3-5-7-14)15-9-16(19(21,22)23)11-17(10-15)20(24,25)26/h2-4,6-7,9-11,13H,5,8,12H2,1H3. The number of rotatable bonds is 6. The van der Waals surface area contributed by atoms with Crippen molar-refractivity contribution in [1.29, 1.82) is 0 Å². The zero-order valence-corrected chi connectivity index (χ0v) is 14.9. The molecule has 1 unspecified atom stereocenters. The Morgan fingerprint density at radius 2 is 1.64 bits per heavy atom. The second-order valence-electron chi connectivity index (χ2n) is 6.31. The summed E-state index contributed by atoms with van der Waals surface area (Å²) in [6, 6.07) is 1.26. The smallest absolute Gasteiger partial charge is 0.366 e. The summed E-state index contributed by atoms with van der Waals surface area (Å²) in [4.78, 5) is 12.0. The molecule has 28 heavy (non-hydrogen) atoms. The number of carbonyl (C=O) groups excluding carboxylic acids is 1. The van der Waals surface area contributed by atoms with Crippen LogP contribution < -0.4 is 0 Å². The number of ether oxygens (including phenoxy) is 1. The van der Waals surface area contributed by atoms with Gasteiger partial charge in [0.05, 0.1) is 17.2 Å². The average molecular weight is 404 g/mol. The third-order valence-corrected chi connectivity index (χ3v) is 4.05. The first-order valence-corrected chi connectivity index (χ1v) is 8.41. The number of Topliss-reactive ketones (excluding diaryl/α,β-unsaturated/α-hetero) is 1. The maximum absolute atomic E-state index is 12.9. The summed E-state index contributed by atoms with van der Waals surface area (Å²) in [6.07, 6.45) is -1.13. The summed E-state index contributed by atoms with van der Waals surface area (Å²) < 4.78 is 82.8. The topological polar surface area (TPSA) is 26.3 Å². The van der Waals surface area contributed by atoms with Gasteiger partial charge in [0.2, 0.25) is 0 Å². The molecule has 1 aromatic carbocycles. The minimum absolute atomic E-state index is 0.0558. The van der Waals surface area contributed by atoms with Crippen molar-refractivity contribution >= 4 is 5.78 Å². The summed E-state index contributed by atoms with van der Waals surface area (Å²) in [6.45, 7) is 0.884. The van der Waals surface area contributed by atoms with Crippen molar-refractivity contribution in [2.24, 2.45) is 0 Å². The van der Waals surface area contributed by atoms with Gasteiger partial charge in [-0.15, -0.1) is 0 Å². The normalized spacial score (nSPS) is 15.9. The van der Waals surface area contributed by atoms with Gasteiger partial charge in [0, 0.05) is 6.42 Å². The number of carbonyl (C=O) groups is 1. The van der Waals surface area contributed by atoms with E-state index < -0.39 is 36.2 Å². The predicted octanol–water partition coefficient (Wildman–Crippen LogP) is 6.20. The summed E-state index contributed by atoms with van der Waals surface area (Å²) in [5.74, 6) is -0.326. The molecule has 152 valence electrons. The minimum atomic E-state index is -4.93. The first-order valence-electron chi connectivity index (χ1n) is 8.41. The van der Waals surface area contributed by atoms with Crippen molar-refractivity contribution in [1.82, 2.24) is 0 Å². The van der Waals surface area contributed by atoms with Crippen LogP contribution in [0.2, 0.25) is 0 Å². The number of halogens is 6. The van der Waals surface area contributed by atoms with E-state index in [0.29, 0.717) is 18.6 Å². The highest BCUT2D eigenvalue weighted by molar-refractivity contribution is 5.82. The second-order valence-corrected chi connectivity index (χ2v) is 6.31. The van der Waals surface area contributed by atoms with E-state index in [0.717, 1.165) is 5.57 Å². The molecule has 0 spiro atoms. The van der Waals surface area contributed by atoms with Crippen LogP contribution in [0.3, 0.4) is 0 Å². The van der Waals surface area contributed by atoms with Gasteiger partial charge in [-0.1, -0.05) is 30.4 Å². The lowest BCUT2D eigenvalue weighted by atomic mass is 10.0. The van der Waals surface area contributed by atoms with Crippen LogP contribution >= 0.6 is 0 Å². The van der Waals surface area contributed by atoms with E-state index in [1.165, 1.54) is 6.92 Å². The molecule has 0 aromatic heterocycles. The summed E-state index contributed by atoms with van der Waals surface area (Å²) in [5, 5.41) is 0. The monoisotopic (exact) mass is 404 g/mol. The average Bonchev–Trinajstić information content (AvgIpc) is 2.86. The van der Waals surface area contributed by atoms with Crippen molar-refractivity contribution in [3.8, 4) is 0 Å². The van der Waals surface area contributed by atoms with Gasteiger partial charge in [0.25, 0.3) is 0 Å². The van der Waals surface area contributed by atoms with Crippen LogP contribution in [0.5, 0.6) is 0 Å². The summed E-state index contributed by atoms with van der Waals surface area (Å²) in [7, 11) is 0. The van der Waals surface area contributed by atoms with E-state index in [1.54, 1.807) is 12.2 Å². The van der Waals surface area contributed by atoms with Gasteiger partial charge in [-0.2, -0.15) is 26.3 Å². The molecule has 0 fully saturated rings.